The molecule has 2 aliphatic rings. The van der Waals surface area contributed by atoms with Gasteiger partial charge >= 0.3 is 0 Å². The smallest absolute Gasteiger partial charge is 0.163 e. The molecule has 2 atom stereocenters. The van der Waals surface area contributed by atoms with Crippen molar-refractivity contribution in [3.8, 4) is 11.3 Å². The van der Waals surface area contributed by atoms with Crippen LogP contribution in [0.1, 0.15) is 60.0 Å². The van der Waals surface area contributed by atoms with Crippen molar-refractivity contribution in [2.45, 2.75) is 51.2 Å². The van der Waals surface area contributed by atoms with Gasteiger partial charge in [0.15, 0.2) is 5.65 Å². The van der Waals surface area contributed by atoms with Crippen LogP contribution in [0, 0.1) is 19.7 Å². The maximum absolute atomic E-state index is 14.9. The number of hydrogen-bond donors (Lipinski definition) is 0. The number of hydrogen-bond acceptors (Lipinski definition) is 5. The van der Waals surface area contributed by atoms with E-state index < -0.39 is 5.82 Å². The molecule has 0 N–H and O–H groups in total. The molecule has 0 amide bonds. The van der Waals surface area contributed by atoms with E-state index in [9.17, 15) is 4.39 Å². The number of aromatic nitrogens is 5. The quantitative estimate of drug-likeness (QED) is 0.378. The Kier molecular flexibility index (Phi) is 4.92. The van der Waals surface area contributed by atoms with Crippen LogP contribution in [0.4, 0.5) is 4.39 Å². The topological polar surface area (TPSA) is 65.7 Å². The second kappa shape index (κ2) is 7.85. The second-order valence-electron chi connectivity index (χ2n) is 9.06. The highest BCUT2D eigenvalue weighted by molar-refractivity contribution is 6.30. The summed E-state index contributed by atoms with van der Waals surface area (Å²) in [6.07, 6.45) is 7.06. The lowest BCUT2D eigenvalue weighted by molar-refractivity contribution is 0.110. The van der Waals surface area contributed by atoms with Crippen molar-refractivity contribution >= 4 is 22.6 Å². The van der Waals surface area contributed by atoms with Gasteiger partial charge in [-0.25, -0.2) is 19.3 Å². The molecule has 0 bridgehead atoms. The molecule has 1 saturated heterocycles. The van der Waals surface area contributed by atoms with Crippen molar-refractivity contribution in [2.75, 3.05) is 6.61 Å². The van der Waals surface area contributed by atoms with E-state index >= 15 is 0 Å². The average Bonchev–Trinajstić information content (AvgIpc) is 3.31. The van der Waals surface area contributed by atoms with Crippen molar-refractivity contribution in [1.29, 1.82) is 0 Å². The summed E-state index contributed by atoms with van der Waals surface area (Å²) < 4.78 is 23.1. The Bertz CT molecular complexity index is 1380. The van der Waals surface area contributed by atoms with E-state index in [2.05, 4.69) is 11.3 Å². The zero-order valence-electron chi connectivity index (χ0n) is 18.4. The van der Waals surface area contributed by atoms with Crippen LogP contribution in [0.25, 0.3) is 22.3 Å². The number of pyridine rings is 1. The molecule has 2 fully saturated rings. The van der Waals surface area contributed by atoms with E-state index in [0.717, 1.165) is 28.6 Å². The van der Waals surface area contributed by atoms with Crippen molar-refractivity contribution in [3.05, 3.63) is 70.1 Å². The molecular formula is C25H23ClFN5O. The summed E-state index contributed by atoms with van der Waals surface area (Å²) in [7, 11) is 0. The molecular weight excluding hydrogens is 441 g/mol. The summed E-state index contributed by atoms with van der Waals surface area (Å²) in [5, 5.41) is 5.57. The van der Waals surface area contributed by atoms with Crippen LogP contribution >= 0.6 is 11.6 Å². The first-order valence-electron chi connectivity index (χ1n) is 11.2. The normalized spacial score (nSPS) is 20.6. The first-order valence-corrected chi connectivity index (χ1v) is 11.6. The van der Waals surface area contributed by atoms with Gasteiger partial charge in [-0.15, -0.1) is 0 Å². The molecule has 0 spiro atoms. The van der Waals surface area contributed by atoms with E-state index in [-0.39, 0.29) is 12.0 Å². The Hall–Kier alpha value is -2.90. The molecule has 0 radical (unpaired) electrons. The number of rotatable bonds is 4. The highest BCUT2D eigenvalue weighted by Crippen LogP contribution is 2.40. The van der Waals surface area contributed by atoms with Crippen LogP contribution in [0.2, 0.25) is 5.02 Å². The molecule has 1 aliphatic carbocycles. The summed E-state index contributed by atoms with van der Waals surface area (Å²) in [5.74, 6) is 0.195. The zero-order valence-corrected chi connectivity index (χ0v) is 19.2. The molecule has 4 aromatic rings. The summed E-state index contributed by atoms with van der Waals surface area (Å²) in [6, 6.07) is 7.16. The van der Waals surface area contributed by atoms with Gasteiger partial charge in [0.1, 0.15) is 11.6 Å². The maximum atomic E-state index is 14.9. The van der Waals surface area contributed by atoms with Crippen molar-refractivity contribution in [2.24, 2.45) is 0 Å². The number of fused-ring (bicyclic) bond motifs is 1. The Morgan fingerprint density at radius 1 is 1.12 bits per heavy atom. The molecule has 6 nitrogen and oxygen atoms in total. The van der Waals surface area contributed by atoms with Gasteiger partial charge in [0.05, 0.1) is 30.6 Å². The molecule has 33 heavy (non-hydrogen) atoms. The maximum Gasteiger partial charge on any atom is 0.163 e. The lowest BCUT2D eigenvalue weighted by atomic mass is 10.0. The lowest BCUT2D eigenvalue weighted by Crippen LogP contribution is -2.08. The molecule has 0 unspecified atom stereocenters. The Morgan fingerprint density at radius 2 is 1.97 bits per heavy atom. The number of aryl methyl sites for hydroxylation is 2. The predicted molar refractivity (Wildman–Crippen MR) is 124 cm³/mol. The van der Waals surface area contributed by atoms with E-state index in [4.69, 9.17) is 31.3 Å². The van der Waals surface area contributed by atoms with E-state index in [1.807, 2.05) is 30.8 Å². The first kappa shape index (κ1) is 20.7. The minimum Gasteiger partial charge on any atom is -0.373 e. The van der Waals surface area contributed by atoms with Crippen LogP contribution in [-0.4, -0.2) is 31.3 Å². The number of benzene rings is 1. The second-order valence-corrected chi connectivity index (χ2v) is 9.49. The van der Waals surface area contributed by atoms with Gasteiger partial charge in [-0.2, -0.15) is 5.10 Å². The van der Waals surface area contributed by atoms with Gasteiger partial charge in [0.2, 0.25) is 0 Å². The Balaban J connectivity index is 1.40. The monoisotopic (exact) mass is 463 g/mol. The van der Waals surface area contributed by atoms with Crippen LogP contribution in [-0.2, 0) is 4.74 Å². The molecule has 6 rings (SSSR count). The molecule has 4 heterocycles. The highest BCUT2D eigenvalue weighted by atomic mass is 35.5. The lowest BCUT2D eigenvalue weighted by Gasteiger charge is -2.14. The Labute approximate surface area is 195 Å². The van der Waals surface area contributed by atoms with E-state index in [1.54, 1.807) is 12.1 Å². The van der Waals surface area contributed by atoms with Crippen LogP contribution < -0.4 is 0 Å². The predicted octanol–water partition coefficient (Wildman–Crippen LogP) is 5.88. The van der Waals surface area contributed by atoms with Gasteiger partial charge in [0.25, 0.3) is 0 Å². The van der Waals surface area contributed by atoms with Crippen LogP contribution in [0.15, 0.2) is 36.7 Å². The summed E-state index contributed by atoms with van der Waals surface area (Å²) in [4.78, 5) is 14.3. The van der Waals surface area contributed by atoms with Crippen LogP contribution in [0.5, 0.6) is 0 Å². The third-order valence-corrected chi connectivity index (χ3v) is 6.85. The number of nitrogens with zero attached hydrogens (tertiary/aromatic N) is 5. The molecule has 8 heteroatoms. The van der Waals surface area contributed by atoms with Gasteiger partial charge in [-0.05, 0) is 62.9 Å². The van der Waals surface area contributed by atoms with Gasteiger partial charge in [-0.1, -0.05) is 11.6 Å². The van der Waals surface area contributed by atoms with Crippen molar-refractivity contribution in [3.63, 3.8) is 0 Å². The van der Waals surface area contributed by atoms with Crippen molar-refractivity contribution in [1.82, 2.24) is 24.7 Å². The fourth-order valence-corrected chi connectivity index (χ4v) is 4.59. The third-order valence-electron chi connectivity index (χ3n) is 6.61. The molecule has 1 aliphatic heterocycles. The number of halogens is 2. The largest absolute Gasteiger partial charge is 0.373 e. The summed E-state index contributed by atoms with van der Waals surface area (Å²) >= 11 is 5.99. The summed E-state index contributed by atoms with van der Waals surface area (Å²) in [6.45, 7) is 4.43. The first-order chi connectivity index (χ1) is 16.0. The average molecular weight is 464 g/mol. The third kappa shape index (κ3) is 3.79. The Morgan fingerprint density at radius 3 is 2.76 bits per heavy atom. The number of ether oxygens (including phenoxy) is 1. The molecule has 1 aromatic carbocycles. The van der Waals surface area contributed by atoms with Crippen molar-refractivity contribution < 1.29 is 9.13 Å². The van der Waals surface area contributed by atoms with Crippen LogP contribution in [0.3, 0.4) is 0 Å². The highest BCUT2D eigenvalue weighted by Gasteiger charge is 2.33. The van der Waals surface area contributed by atoms with E-state index in [1.165, 1.54) is 18.9 Å². The SMILES string of the molecule is Cc1cc2c(-c3ccc(Cl)cc3F)nc([C@@H]3CO[C@@H](c4cnn(C5CC5)c4)C3)nc2nc1C. The minimum absolute atomic E-state index is 0.0128. The summed E-state index contributed by atoms with van der Waals surface area (Å²) in [5.41, 5.74) is 4.47. The minimum atomic E-state index is -0.417. The van der Waals surface area contributed by atoms with Gasteiger partial charge in [0, 0.05) is 39.3 Å². The molecule has 168 valence electrons. The fourth-order valence-electron chi connectivity index (χ4n) is 4.43. The van der Waals surface area contributed by atoms with E-state index in [0.29, 0.717) is 40.4 Å². The van der Waals surface area contributed by atoms with Gasteiger partial charge in [-0.3, -0.25) is 4.68 Å². The standard InChI is InChI=1S/C25H23ClFN5O/c1-13-7-20-23(19-6-3-17(26)9-21(19)27)30-24(31-25(20)29-14(13)2)15-8-22(33-12-15)16-10-28-32(11-16)18-4-5-18/h3,6-7,9-11,15,18,22H,4-5,8,12H2,1-2H3/t15-,22+/m0/s1. The molecule has 3 aromatic heterocycles. The molecule has 1 saturated carbocycles. The fraction of sp³-hybridized carbons (Fsp3) is 0.360. The zero-order chi connectivity index (χ0) is 22.7. The van der Waals surface area contributed by atoms with Gasteiger partial charge < -0.3 is 4.74 Å².